The summed E-state index contributed by atoms with van der Waals surface area (Å²) in [5.74, 6) is -0.831. The normalized spacial score (nSPS) is 18.1. The lowest BCUT2D eigenvalue weighted by atomic mass is 9.97. The van der Waals surface area contributed by atoms with E-state index in [2.05, 4.69) is 0 Å². The number of carbonyl (C=O) groups excluding carboxylic acids is 2. The van der Waals surface area contributed by atoms with E-state index in [-0.39, 0.29) is 37.1 Å². The van der Waals surface area contributed by atoms with Crippen molar-refractivity contribution in [2.24, 2.45) is 0 Å². The third kappa shape index (κ3) is 5.66. The average Bonchev–Trinajstić information content (AvgIpc) is 2.52. The fraction of sp³-hybridized carbons (Fsp3) is 0.812. The van der Waals surface area contributed by atoms with Gasteiger partial charge in [0.25, 0.3) is 0 Å². The lowest BCUT2D eigenvalue weighted by Gasteiger charge is -2.36. The van der Waals surface area contributed by atoms with Crippen LogP contribution in [0, 0.1) is 0 Å². The molecule has 1 rings (SSSR count). The molecule has 1 unspecified atom stereocenters. The smallest absolute Gasteiger partial charge is 0.303 e. The number of hydrogen-bond acceptors (Lipinski definition) is 3. The summed E-state index contributed by atoms with van der Waals surface area (Å²) in [6, 6.07) is 0.0147. The van der Waals surface area contributed by atoms with Gasteiger partial charge in [0, 0.05) is 44.9 Å². The van der Waals surface area contributed by atoms with Crippen LogP contribution in [0.1, 0.15) is 58.8 Å². The number of aliphatic carboxylic acids is 1. The number of likely N-dealkylation sites (tertiary alicyclic amines) is 1. The van der Waals surface area contributed by atoms with Crippen molar-refractivity contribution in [1.29, 1.82) is 0 Å². The van der Waals surface area contributed by atoms with E-state index < -0.39 is 5.97 Å². The summed E-state index contributed by atoms with van der Waals surface area (Å²) in [5, 5.41) is 8.81. The average molecular weight is 312 g/mol. The quantitative estimate of drug-likeness (QED) is 0.742. The van der Waals surface area contributed by atoms with Gasteiger partial charge < -0.3 is 14.9 Å². The predicted molar refractivity (Wildman–Crippen MR) is 83.4 cm³/mol. The standard InChI is InChI=1S/C16H28N2O4/c1-3-17(4-2)14(19)9-10-15(20)18-12-6-5-7-13(18)8-11-16(21)22/h13H,3-12H2,1-2H3,(H,21,22). The fourth-order valence-electron chi connectivity index (χ4n) is 3.01. The second kappa shape index (κ2) is 9.43. The number of piperidine rings is 1. The Morgan fingerprint density at radius 1 is 1.09 bits per heavy atom. The SMILES string of the molecule is CCN(CC)C(=O)CCC(=O)N1CCCCC1CCC(=O)O. The third-order valence-corrected chi connectivity index (χ3v) is 4.31. The molecule has 0 saturated carbocycles. The molecule has 1 fully saturated rings. The predicted octanol–water partition coefficient (Wildman–Crippen LogP) is 1.88. The molecule has 1 saturated heterocycles. The largest absolute Gasteiger partial charge is 0.481 e. The van der Waals surface area contributed by atoms with E-state index in [0.717, 1.165) is 19.3 Å². The van der Waals surface area contributed by atoms with E-state index in [1.54, 1.807) is 9.80 Å². The van der Waals surface area contributed by atoms with Crippen LogP contribution in [0.5, 0.6) is 0 Å². The molecule has 0 aromatic carbocycles. The molecule has 0 aromatic heterocycles. The van der Waals surface area contributed by atoms with E-state index in [1.165, 1.54) is 0 Å². The molecule has 2 amide bonds. The Kier molecular flexibility index (Phi) is 7.91. The molecule has 1 aliphatic heterocycles. The fourth-order valence-corrected chi connectivity index (χ4v) is 3.01. The maximum absolute atomic E-state index is 12.4. The highest BCUT2D eigenvalue weighted by Gasteiger charge is 2.27. The van der Waals surface area contributed by atoms with Crippen LogP contribution in [0.2, 0.25) is 0 Å². The number of amides is 2. The Bertz CT molecular complexity index is 394. The summed E-state index contributed by atoms with van der Waals surface area (Å²) in [6.45, 7) is 5.86. The molecule has 0 spiro atoms. The zero-order chi connectivity index (χ0) is 16.5. The van der Waals surface area contributed by atoms with E-state index in [4.69, 9.17) is 5.11 Å². The molecule has 0 aliphatic carbocycles. The summed E-state index contributed by atoms with van der Waals surface area (Å²) in [7, 11) is 0. The first-order valence-corrected chi connectivity index (χ1v) is 8.28. The van der Waals surface area contributed by atoms with Gasteiger partial charge in [0.05, 0.1) is 0 Å². The topological polar surface area (TPSA) is 77.9 Å². The Morgan fingerprint density at radius 2 is 1.77 bits per heavy atom. The third-order valence-electron chi connectivity index (χ3n) is 4.31. The van der Waals surface area contributed by atoms with Gasteiger partial charge in [0.15, 0.2) is 0 Å². The number of rotatable bonds is 8. The van der Waals surface area contributed by atoms with Crippen LogP contribution < -0.4 is 0 Å². The summed E-state index contributed by atoms with van der Waals surface area (Å²) < 4.78 is 0. The van der Waals surface area contributed by atoms with Crippen molar-refractivity contribution in [3.05, 3.63) is 0 Å². The van der Waals surface area contributed by atoms with Gasteiger partial charge in [-0.25, -0.2) is 0 Å². The molecule has 1 aliphatic rings. The lowest BCUT2D eigenvalue weighted by molar-refractivity contribution is -0.141. The van der Waals surface area contributed by atoms with Crippen LogP contribution in [-0.2, 0) is 14.4 Å². The van der Waals surface area contributed by atoms with Crippen molar-refractivity contribution in [2.45, 2.75) is 64.8 Å². The molecule has 6 heteroatoms. The Morgan fingerprint density at radius 3 is 2.36 bits per heavy atom. The first-order valence-electron chi connectivity index (χ1n) is 8.28. The zero-order valence-electron chi connectivity index (χ0n) is 13.7. The summed E-state index contributed by atoms with van der Waals surface area (Å²) >= 11 is 0. The molecule has 0 bridgehead atoms. The highest BCUT2D eigenvalue weighted by molar-refractivity contribution is 5.84. The minimum Gasteiger partial charge on any atom is -0.481 e. The zero-order valence-corrected chi connectivity index (χ0v) is 13.7. The van der Waals surface area contributed by atoms with Crippen molar-refractivity contribution in [3.63, 3.8) is 0 Å². The summed E-state index contributed by atoms with van der Waals surface area (Å²) in [5.41, 5.74) is 0. The first kappa shape index (κ1) is 18.5. The number of carboxylic acid groups (broad SMARTS) is 1. The van der Waals surface area contributed by atoms with Crippen LogP contribution in [0.25, 0.3) is 0 Å². The minimum absolute atomic E-state index is 0.0115. The van der Waals surface area contributed by atoms with Gasteiger partial charge in [-0.1, -0.05) is 0 Å². The van der Waals surface area contributed by atoms with Crippen LogP contribution in [0.3, 0.4) is 0 Å². The van der Waals surface area contributed by atoms with Crippen molar-refractivity contribution in [3.8, 4) is 0 Å². The van der Waals surface area contributed by atoms with Gasteiger partial charge in [-0.2, -0.15) is 0 Å². The summed E-state index contributed by atoms with van der Waals surface area (Å²) in [6.07, 6.45) is 3.91. The van der Waals surface area contributed by atoms with E-state index in [1.807, 2.05) is 13.8 Å². The van der Waals surface area contributed by atoms with Crippen molar-refractivity contribution in [2.75, 3.05) is 19.6 Å². The minimum atomic E-state index is -0.824. The summed E-state index contributed by atoms with van der Waals surface area (Å²) in [4.78, 5) is 38.6. The molecule has 126 valence electrons. The lowest BCUT2D eigenvalue weighted by Crippen LogP contribution is -2.44. The molecular formula is C16H28N2O4. The van der Waals surface area contributed by atoms with Gasteiger partial charge >= 0.3 is 5.97 Å². The Hall–Kier alpha value is -1.59. The number of carbonyl (C=O) groups is 3. The molecule has 6 nitrogen and oxygen atoms in total. The van der Waals surface area contributed by atoms with Crippen molar-refractivity contribution < 1.29 is 19.5 Å². The van der Waals surface area contributed by atoms with Crippen molar-refractivity contribution >= 4 is 17.8 Å². The Labute approximate surface area is 132 Å². The first-order chi connectivity index (χ1) is 10.5. The monoisotopic (exact) mass is 312 g/mol. The van der Waals surface area contributed by atoms with E-state index in [9.17, 15) is 14.4 Å². The molecular weight excluding hydrogens is 284 g/mol. The van der Waals surface area contributed by atoms with Crippen LogP contribution in [0.15, 0.2) is 0 Å². The number of hydrogen-bond donors (Lipinski definition) is 1. The van der Waals surface area contributed by atoms with Crippen LogP contribution in [-0.4, -0.2) is 58.4 Å². The van der Waals surface area contributed by atoms with Crippen molar-refractivity contribution in [1.82, 2.24) is 9.80 Å². The highest BCUT2D eigenvalue weighted by Crippen LogP contribution is 2.22. The second-order valence-corrected chi connectivity index (χ2v) is 5.74. The van der Waals surface area contributed by atoms with E-state index in [0.29, 0.717) is 26.1 Å². The molecule has 1 atom stereocenters. The van der Waals surface area contributed by atoms with Gasteiger partial charge in [-0.15, -0.1) is 0 Å². The maximum atomic E-state index is 12.4. The van der Waals surface area contributed by atoms with Crippen LogP contribution in [0.4, 0.5) is 0 Å². The van der Waals surface area contributed by atoms with Gasteiger partial charge in [0.2, 0.25) is 11.8 Å². The molecule has 1 heterocycles. The highest BCUT2D eigenvalue weighted by atomic mass is 16.4. The Balaban J connectivity index is 2.50. The van der Waals surface area contributed by atoms with Gasteiger partial charge in [-0.3, -0.25) is 14.4 Å². The van der Waals surface area contributed by atoms with Gasteiger partial charge in [-0.05, 0) is 39.5 Å². The van der Waals surface area contributed by atoms with Crippen LogP contribution >= 0.6 is 0 Å². The molecule has 22 heavy (non-hydrogen) atoms. The number of nitrogens with zero attached hydrogens (tertiary/aromatic N) is 2. The number of carboxylic acids is 1. The maximum Gasteiger partial charge on any atom is 0.303 e. The van der Waals surface area contributed by atoms with E-state index >= 15 is 0 Å². The second-order valence-electron chi connectivity index (χ2n) is 5.74. The van der Waals surface area contributed by atoms with Gasteiger partial charge in [0.1, 0.15) is 0 Å². The molecule has 0 radical (unpaired) electrons. The molecule has 1 N–H and O–H groups in total. The molecule has 0 aromatic rings.